The summed E-state index contributed by atoms with van der Waals surface area (Å²) >= 11 is 6.00. The summed E-state index contributed by atoms with van der Waals surface area (Å²) in [5.74, 6) is -0.430. The van der Waals surface area contributed by atoms with Gasteiger partial charge in [-0.05, 0) is 57.8 Å². The highest BCUT2D eigenvalue weighted by Gasteiger charge is 2.33. The molecule has 2 aromatic rings. The molecule has 154 valence electrons. The third kappa shape index (κ3) is 4.60. The molecule has 0 spiro atoms. The minimum Gasteiger partial charge on any atom is -0.351 e. The molecule has 0 aromatic carbocycles. The summed E-state index contributed by atoms with van der Waals surface area (Å²) < 4.78 is 40.6. The van der Waals surface area contributed by atoms with E-state index >= 15 is 0 Å². The molecule has 28 heavy (non-hydrogen) atoms. The van der Waals surface area contributed by atoms with Crippen LogP contribution in [0.3, 0.4) is 0 Å². The highest BCUT2D eigenvalue weighted by Crippen LogP contribution is 2.33. The average molecular weight is 417 g/mol. The second-order valence-electron chi connectivity index (χ2n) is 7.04. The van der Waals surface area contributed by atoms with Gasteiger partial charge in [0.15, 0.2) is 5.65 Å². The van der Waals surface area contributed by atoms with Crippen LogP contribution in [0.15, 0.2) is 12.3 Å². The molecule has 1 aliphatic heterocycles. The van der Waals surface area contributed by atoms with Crippen molar-refractivity contribution in [1.29, 1.82) is 0 Å². The van der Waals surface area contributed by atoms with Crippen molar-refractivity contribution in [2.24, 2.45) is 0 Å². The topological polar surface area (TPSA) is 49.6 Å². The number of carbonyl (C=O) groups excluding carboxylic acids is 1. The average Bonchev–Trinajstić information content (AvgIpc) is 3.27. The molecule has 9 heteroatoms. The summed E-state index contributed by atoms with van der Waals surface area (Å²) in [5, 5.41) is 2.68. The van der Waals surface area contributed by atoms with Crippen molar-refractivity contribution < 1.29 is 18.0 Å². The fourth-order valence-electron chi connectivity index (χ4n) is 3.55. The number of halogens is 4. The maximum absolute atomic E-state index is 13.1. The standard InChI is InChI=1S/C19H24ClF3N4O/c1-2-15-16(18(28)24-7-3-4-8-26-9-5-6-10-26)27-12-13(19(21,22)23)11-14(20)17(27)25-15/h11-12H,2-10H2,1H3,(H,24,28). The first-order valence-electron chi connectivity index (χ1n) is 9.59. The number of hydrogen-bond acceptors (Lipinski definition) is 3. The Labute approximate surface area is 166 Å². The van der Waals surface area contributed by atoms with Gasteiger partial charge >= 0.3 is 6.18 Å². The Morgan fingerprint density at radius 2 is 2.00 bits per heavy atom. The van der Waals surface area contributed by atoms with Crippen molar-refractivity contribution in [1.82, 2.24) is 19.6 Å². The Kier molecular flexibility index (Phi) is 6.50. The number of unbranched alkanes of at least 4 members (excludes halogenated alkanes) is 1. The molecule has 0 atom stereocenters. The number of alkyl halides is 3. The van der Waals surface area contributed by atoms with Gasteiger partial charge in [0.2, 0.25) is 0 Å². The number of nitrogens with zero attached hydrogens (tertiary/aromatic N) is 3. The molecule has 0 saturated carbocycles. The molecular weight excluding hydrogens is 393 g/mol. The van der Waals surface area contributed by atoms with Gasteiger partial charge in [0.1, 0.15) is 5.69 Å². The predicted molar refractivity (Wildman–Crippen MR) is 102 cm³/mol. The Morgan fingerprint density at radius 1 is 1.29 bits per heavy atom. The minimum absolute atomic E-state index is 0.116. The predicted octanol–water partition coefficient (Wildman–Crippen LogP) is 4.17. The zero-order valence-corrected chi connectivity index (χ0v) is 16.5. The van der Waals surface area contributed by atoms with Gasteiger partial charge in [0.25, 0.3) is 5.91 Å². The first-order chi connectivity index (χ1) is 13.3. The number of imidazole rings is 1. The molecule has 0 bridgehead atoms. The van der Waals surface area contributed by atoms with E-state index in [1.807, 2.05) is 0 Å². The van der Waals surface area contributed by atoms with Gasteiger partial charge in [-0.3, -0.25) is 9.20 Å². The van der Waals surface area contributed by atoms with E-state index in [0.717, 1.165) is 49.1 Å². The van der Waals surface area contributed by atoms with Crippen molar-refractivity contribution in [3.05, 3.63) is 34.2 Å². The van der Waals surface area contributed by atoms with E-state index in [1.54, 1.807) is 6.92 Å². The second-order valence-corrected chi connectivity index (χ2v) is 7.45. The van der Waals surface area contributed by atoms with E-state index in [2.05, 4.69) is 15.2 Å². The molecule has 3 rings (SSSR count). The maximum Gasteiger partial charge on any atom is 0.417 e. The molecule has 0 aliphatic carbocycles. The minimum atomic E-state index is -4.56. The Balaban J connectivity index is 1.72. The van der Waals surface area contributed by atoms with E-state index in [9.17, 15) is 18.0 Å². The lowest BCUT2D eigenvalue weighted by Crippen LogP contribution is -2.28. The number of hydrogen-bond donors (Lipinski definition) is 1. The van der Waals surface area contributed by atoms with Crippen molar-refractivity contribution in [3.8, 4) is 0 Å². The highest BCUT2D eigenvalue weighted by molar-refractivity contribution is 6.33. The summed E-state index contributed by atoms with van der Waals surface area (Å²) in [4.78, 5) is 19.4. The molecule has 1 aliphatic rings. The lowest BCUT2D eigenvalue weighted by molar-refractivity contribution is -0.137. The van der Waals surface area contributed by atoms with Crippen LogP contribution in [0.5, 0.6) is 0 Å². The monoisotopic (exact) mass is 416 g/mol. The van der Waals surface area contributed by atoms with Gasteiger partial charge in [0.05, 0.1) is 16.3 Å². The molecular formula is C19H24ClF3N4O. The number of amides is 1. The van der Waals surface area contributed by atoms with Crippen LogP contribution in [0.25, 0.3) is 5.65 Å². The molecule has 0 unspecified atom stereocenters. The first-order valence-corrected chi connectivity index (χ1v) is 9.97. The van der Waals surface area contributed by atoms with Gasteiger partial charge in [0, 0.05) is 12.7 Å². The van der Waals surface area contributed by atoms with Crippen molar-refractivity contribution in [3.63, 3.8) is 0 Å². The Morgan fingerprint density at radius 3 is 2.64 bits per heavy atom. The summed E-state index contributed by atoms with van der Waals surface area (Å²) in [5.41, 5.74) is -0.212. The normalized spacial score (nSPS) is 15.5. The number of fused-ring (bicyclic) bond motifs is 1. The fourth-order valence-corrected chi connectivity index (χ4v) is 3.80. The lowest BCUT2D eigenvalue weighted by Gasteiger charge is -2.14. The van der Waals surface area contributed by atoms with Crippen LogP contribution in [0.4, 0.5) is 13.2 Å². The summed E-state index contributed by atoms with van der Waals surface area (Å²) in [7, 11) is 0. The van der Waals surface area contributed by atoms with Crippen LogP contribution in [-0.4, -0.2) is 46.4 Å². The second kappa shape index (κ2) is 8.69. The van der Waals surface area contributed by atoms with Gasteiger partial charge in [-0.15, -0.1) is 0 Å². The third-order valence-corrected chi connectivity index (χ3v) is 5.29. The molecule has 0 radical (unpaired) electrons. The van der Waals surface area contributed by atoms with Crippen LogP contribution < -0.4 is 5.32 Å². The summed E-state index contributed by atoms with van der Waals surface area (Å²) in [6.45, 7) is 5.55. The smallest absolute Gasteiger partial charge is 0.351 e. The van der Waals surface area contributed by atoms with Crippen molar-refractivity contribution in [2.75, 3.05) is 26.2 Å². The molecule has 3 heterocycles. The van der Waals surface area contributed by atoms with E-state index in [0.29, 0.717) is 18.7 Å². The molecule has 5 nitrogen and oxygen atoms in total. The van der Waals surface area contributed by atoms with Crippen LogP contribution >= 0.6 is 11.6 Å². The fraction of sp³-hybridized carbons (Fsp3) is 0.579. The summed E-state index contributed by atoms with van der Waals surface area (Å²) in [6.07, 6.45) is 1.01. The van der Waals surface area contributed by atoms with E-state index in [1.165, 1.54) is 12.8 Å². The molecule has 1 N–H and O–H groups in total. The molecule has 1 fully saturated rings. The molecule has 1 saturated heterocycles. The van der Waals surface area contributed by atoms with Crippen LogP contribution in [0, 0.1) is 0 Å². The van der Waals surface area contributed by atoms with Crippen LogP contribution in [0.2, 0.25) is 5.02 Å². The first kappa shape index (κ1) is 20.9. The molecule has 1 amide bonds. The lowest BCUT2D eigenvalue weighted by atomic mass is 10.2. The highest BCUT2D eigenvalue weighted by atomic mass is 35.5. The van der Waals surface area contributed by atoms with E-state index in [-0.39, 0.29) is 16.4 Å². The number of aromatic nitrogens is 2. The Hall–Kier alpha value is -1.80. The number of carbonyl (C=O) groups is 1. The van der Waals surface area contributed by atoms with Crippen molar-refractivity contribution >= 4 is 23.2 Å². The van der Waals surface area contributed by atoms with Crippen LogP contribution in [0.1, 0.15) is 54.4 Å². The van der Waals surface area contributed by atoms with Gasteiger partial charge in [-0.25, -0.2) is 4.98 Å². The van der Waals surface area contributed by atoms with Gasteiger partial charge in [-0.1, -0.05) is 18.5 Å². The number of nitrogens with one attached hydrogen (secondary N) is 1. The number of pyridine rings is 1. The Bertz CT molecular complexity index is 844. The van der Waals surface area contributed by atoms with E-state index in [4.69, 9.17) is 11.6 Å². The molecule has 2 aromatic heterocycles. The van der Waals surface area contributed by atoms with E-state index < -0.39 is 17.6 Å². The van der Waals surface area contributed by atoms with Gasteiger partial charge in [-0.2, -0.15) is 13.2 Å². The van der Waals surface area contributed by atoms with Gasteiger partial charge < -0.3 is 10.2 Å². The third-order valence-electron chi connectivity index (χ3n) is 5.01. The zero-order chi connectivity index (χ0) is 20.3. The SMILES string of the molecule is CCc1nc2c(Cl)cc(C(F)(F)F)cn2c1C(=O)NCCCCN1CCCC1. The largest absolute Gasteiger partial charge is 0.417 e. The van der Waals surface area contributed by atoms with Crippen LogP contribution in [-0.2, 0) is 12.6 Å². The quantitative estimate of drug-likeness (QED) is 0.689. The van der Waals surface area contributed by atoms with Crippen molar-refractivity contribution in [2.45, 2.75) is 45.2 Å². The maximum atomic E-state index is 13.1. The number of aryl methyl sites for hydroxylation is 1. The number of rotatable bonds is 7. The zero-order valence-electron chi connectivity index (χ0n) is 15.8. The number of likely N-dealkylation sites (tertiary alicyclic amines) is 1. The summed E-state index contributed by atoms with van der Waals surface area (Å²) in [6, 6.07) is 0.837.